The van der Waals surface area contributed by atoms with Gasteiger partial charge < -0.3 is 5.32 Å². The Bertz CT molecular complexity index is 736. The van der Waals surface area contributed by atoms with Crippen molar-refractivity contribution in [2.24, 2.45) is 0 Å². The second-order valence-electron chi connectivity index (χ2n) is 4.82. The highest BCUT2D eigenvalue weighted by Gasteiger charge is 2.18. The van der Waals surface area contributed by atoms with Crippen LogP contribution in [0.15, 0.2) is 54.7 Å². The van der Waals surface area contributed by atoms with Crippen molar-refractivity contribution < 1.29 is 4.79 Å². The second-order valence-corrected chi connectivity index (χ2v) is 6.00. The number of aromatic nitrogens is 3. The average Bonchev–Trinajstić information content (AvgIpc) is 2.99. The molecule has 0 spiro atoms. The number of rotatable bonds is 4. The molecule has 3 rings (SSSR count). The summed E-state index contributed by atoms with van der Waals surface area (Å²) < 4.78 is 0. The Kier molecular flexibility index (Phi) is 4.58. The van der Waals surface area contributed by atoms with E-state index in [1.165, 1.54) is 11.3 Å². The summed E-state index contributed by atoms with van der Waals surface area (Å²) in [6.07, 6.45) is 1.71. The van der Waals surface area contributed by atoms with Gasteiger partial charge in [0.25, 0.3) is 0 Å². The third-order valence-electron chi connectivity index (χ3n) is 3.14. The summed E-state index contributed by atoms with van der Waals surface area (Å²) in [5.41, 5.74) is 1.72. The van der Waals surface area contributed by atoms with Crippen LogP contribution in [0, 0.1) is 6.92 Å². The molecule has 0 aliphatic heterocycles. The fraction of sp³-hybridized carbons (Fsp3) is 0.125. The quantitative estimate of drug-likeness (QED) is 0.772. The monoisotopic (exact) mass is 325 g/mol. The number of hydrogen-bond donors (Lipinski definition) is 2. The fourth-order valence-corrected chi connectivity index (χ4v) is 2.72. The number of carbonyl (C=O) groups is 1. The van der Waals surface area contributed by atoms with Crippen LogP contribution in [0.4, 0.5) is 9.93 Å². The Morgan fingerprint density at radius 3 is 2.52 bits per heavy atom. The molecule has 0 saturated heterocycles. The molecule has 2 aromatic heterocycles. The zero-order valence-electron chi connectivity index (χ0n) is 12.4. The number of urea groups is 1. The van der Waals surface area contributed by atoms with Crippen LogP contribution in [0.2, 0.25) is 0 Å². The molecule has 0 saturated carbocycles. The molecule has 0 aliphatic carbocycles. The van der Waals surface area contributed by atoms with E-state index in [9.17, 15) is 4.79 Å². The third kappa shape index (κ3) is 3.89. The van der Waals surface area contributed by atoms with Crippen LogP contribution >= 0.6 is 11.3 Å². The van der Waals surface area contributed by atoms with E-state index in [4.69, 9.17) is 0 Å². The molecule has 116 valence electrons. The molecule has 2 heterocycles. The summed E-state index contributed by atoms with van der Waals surface area (Å²) in [6, 6.07) is 14.6. The van der Waals surface area contributed by atoms with Gasteiger partial charge in [-0.25, -0.2) is 4.79 Å². The highest BCUT2D eigenvalue weighted by atomic mass is 32.1. The van der Waals surface area contributed by atoms with Crippen LogP contribution in [0.25, 0.3) is 0 Å². The SMILES string of the molecule is Cc1nnc(NC(=O)NC(c2ccccc2)c2ccccn2)s1. The minimum Gasteiger partial charge on any atom is -0.325 e. The summed E-state index contributed by atoms with van der Waals surface area (Å²) >= 11 is 1.32. The van der Waals surface area contributed by atoms with E-state index >= 15 is 0 Å². The van der Waals surface area contributed by atoms with Crippen molar-refractivity contribution in [1.82, 2.24) is 20.5 Å². The number of pyridine rings is 1. The first kappa shape index (κ1) is 15.1. The first-order chi connectivity index (χ1) is 11.2. The number of nitrogens with zero attached hydrogens (tertiary/aromatic N) is 3. The van der Waals surface area contributed by atoms with Crippen molar-refractivity contribution in [2.45, 2.75) is 13.0 Å². The highest BCUT2D eigenvalue weighted by molar-refractivity contribution is 7.15. The molecular formula is C16H15N5OS. The summed E-state index contributed by atoms with van der Waals surface area (Å²) in [5.74, 6) is 0. The summed E-state index contributed by atoms with van der Waals surface area (Å²) in [5, 5.41) is 14.7. The van der Waals surface area contributed by atoms with E-state index in [-0.39, 0.29) is 12.1 Å². The Morgan fingerprint density at radius 1 is 1.09 bits per heavy atom. The van der Waals surface area contributed by atoms with E-state index in [1.54, 1.807) is 6.20 Å². The predicted octanol–water partition coefficient (Wildman–Crippen LogP) is 3.15. The van der Waals surface area contributed by atoms with Gasteiger partial charge in [0, 0.05) is 6.20 Å². The van der Waals surface area contributed by atoms with Gasteiger partial charge in [-0.3, -0.25) is 10.3 Å². The van der Waals surface area contributed by atoms with Crippen LogP contribution in [0.1, 0.15) is 22.3 Å². The zero-order valence-corrected chi connectivity index (χ0v) is 13.2. The zero-order chi connectivity index (χ0) is 16.1. The topological polar surface area (TPSA) is 79.8 Å². The molecule has 2 N–H and O–H groups in total. The number of amides is 2. The lowest BCUT2D eigenvalue weighted by molar-refractivity contribution is 0.250. The van der Waals surface area contributed by atoms with E-state index in [0.29, 0.717) is 5.13 Å². The van der Waals surface area contributed by atoms with Gasteiger partial charge in [0.2, 0.25) is 5.13 Å². The van der Waals surface area contributed by atoms with Gasteiger partial charge in [-0.05, 0) is 24.6 Å². The van der Waals surface area contributed by atoms with Gasteiger partial charge in [-0.2, -0.15) is 0 Å². The van der Waals surface area contributed by atoms with E-state index in [1.807, 2.05) is 55.5 Å². The normalized spacial score (nSPS) is 11.7. The lowest BCUT2D eigenvalue weighted by Crippen LogP contribution is -2.33. The first-order valence-electron chi connectivity index (χ1n) is 7.06. The number of nitrogens with one attached hydrogen (secondary N) is 2. The Hall–Kier alpha value is -2.80. The van der Waals surface area contributed by atoms with E-state index < -0.39 is 0 Å². The smallest absolute Gasteiger partial charge is 0.321 e. The van der Waals surface area contributed by atoms with Gasteiger partial charge in [-0.15, -0.1) is 10.2 Å². The molecule has 0 radical (unpaired) electrons. The Labute approximate surface area is 137 Å². The number of aryl methyl sites for hydroxylation is 1. The van der Waals surface area contributed by atoms with Gasteiger partial charge >= 0.3 is 6.03 Å². The van der Waals surface area contributed by atoms with Crippen LogP contribution < -0.4 is 10.6 Å². The van der Waals surface area contributed by atoms with Crippen molar-refractivity contribution in [2.75, 3.05) is 5.32 Å². The average molecular weight is 325 g/mol. The summed E-state index contributed by atoms with van der Waals surface area (Å²) in [4.78, 5) is 16.6. The Balaban J connectivity index is 1.80. The van der Waals surface area contributed by atoms with Crippen molar-refractivity contribution in [3.05, 3.63) is 71.0 Å². The van der Waals surface area contributed by atoms with Crippen LogP contribution in [0.3, 0.4) is 0 Å². The molecule has 0 bridgehead atoms. The molecule has 1 atom stereocenters. The Morgan fingerprint density at radius 2 is 1.87 bits per heavy atom. The standard InChI is InChI=1S/C16H15N5OS/c1-11-20-21-16(23-11)19-15(22)18-14(12-7-3-2-4-8-12)13-9-5-6-10-17-13/h2-10,14H,1H3,(H2,18,19,21,22). The molecule has 7 heteroatoms. The van der Waals surface area contributed by atoms with Crippen molar-refractivity contribution >= 4 is 22.5 Å². The van der Waals surface area contributed by atoms with Crippen LogP contribution in [-0.2, 0) is 0 Å². The van der Waals surface area contributed by atoms with Crippen molar-refractivity contribution in [3.8, 4) is 0 Å². The number of hydrogen-bond acceptors (Lipinski definition) is 5. The lowest BCUT2D eigenvalue weighted by atomic mass is 10.0. The molecule has 1 unspecified atom stereocenters. The first-order valence-corrected chi connectivity index (χ1v) is 7.87. The van der Waals surface area contributed by atoms with Crippen molar-refractivity contribution in [1.29, 1.82) is 0 Å². The predicted molar refractivity (Wildman–Crippen MR) is 89.3 cm³/mol. The largest absolute Gasteiger partial charge is 0.325 e. The third-order valence-corrected chi connectivity index (χ3v) is 3.89. The van der Waals surface area contributed by atoms with Crippen LogP contribution in [-0.4, -0.2) is 21.2 Å². The molecule has 3 aromatic rings. The van der Waals surface area contributed by atoms with E-state index in [0.717, 1.165) is 16.3 Å². The molecule has 23 heavy (non-hydrogen) atoms. The van der Waals surface area contributed by atoms with Gasteiger partial charge in [0.05, 0.1) is 11.7 Å². The van der Waals surface area contributed by atoms with Crippen LogP contribution in [0.5, 0.6) is 0 Å². The maximum Gasteiger partial charge on any atom is 0.321 e. The molecule has 1 aromatic carbocycles. The van der Waals surface area contributed by atoms with Gasteiger partial charge in [0.15, 0.2) is 0 Å². The van der Waals surface area contributed by atoms with Crippen molar-refractivity contribution in [3.63, 3.8) is 0 Å². The minimum atomic E-state index is -0.347. The minimum absolute atomic E-state index is 0.341. The fourth-order valence-electron chi connectivity index (χ4n) is 2.13. The van der Waals surface area contributed by atoms with Gasteiger partial charge in [-0.1, -0.05) is 47.7 Å². The summed E-state index contributed by atoms with van der Waals surface area (Å²) in [7, 11) is 0. The van der Waals surface area contributed by atoms with E-state index in [2.05, 4.69) is 25.8 Å². The molecule has 2 amide bonds. The number of carbonyl (C=O) groups excluding carboxylic acids is 1. The summed E-state index contributed by atoms with van der Waals surface area (Å²) in [6.45, 7) is 1.83. The number of anilines is 1. The maximum absolute atomic E-state index is 12.3. The molecule has 0 fully saturated rings. The maximum atomic E-state index is 12.3. The highest BCUT2D eigenvalue weighted by Crippen LogP contribution is 2.20. The lowest BCUT2D eigenvalue weighted by Gasteiger charge is -2.18. The van der Waals surface area contributed by atoms with Gasteiger partial charge in [0.1, 0.15) is 5.01 Å². The second kappa shape index (κ2) is 6.97. The molecule has 6 nitrogen and oxygen atoms in total. The number of benzene rings is 1. The molecule has 0 aliphatic rings. The molecular weight excluding hydrogens is 310 g/mol.